The highest BCUT2D eigenvalue weighted by molar-refractivity contribution is 6.31. The highest BCUT2D eigenvalue weighted by atomic mass is 35.5. The first-order valence-electron chi connectivity index (χ1n) is 5.61. The molecule has 0 aliphatic heterocycles. The van der Waals surface area contributed by atoms with Gasteiger partial charge in [0.2, 0.25) is 0 Å². The van der Waals surface area contributed by atoms with E-state index < -0.39 is 5.82 Å². The number of aliphatic hydroxyl groups is 1. The Morgan fingerprint density at radius 3 is 2.69 bits per heavy atom. The number of aryl methyl sites for hydroxylation is 1. The van der Waals surface area contributed by atoms with E-state index in [9.17, 15) is 9.50 Å². The Morgan fingerprint density at radius 1 is 1.38 bits per heavy atom. The topological polar surface area (TPSA) is 20.2 Å². The Bertz CT molecular complexity index is 339. The van der Waals surface area contributed by atoms with Gasteiger partial charge in [-0.3, -0.25) is 0 Å². The molecule has 0 radical (unpaired) electrons. The molecule has 0 bridgehead atoms. The zero-order valence-electron chi connectivity index (χ0n) is 9.71. The summed E-state index contributed by atoms with van der Waals surface area (Å²) in [5, 5.41) is 9.88. The molecule has 90 valence electrons. The molecule has 0 amide bonds. The van der Waals surface area contributed by atoms with Crippen LogP contribution in [0.5, 0.6) is 0 Å². The normalized spacial score (nSPS) is 13.1. The number of hydrogen-bond donors (Lipinski definition) is 1. The van der Waals surface area contributed by atoms with Gasteiger partial charge in [-0.15, -0.1) is 0 Å². The van der Waals surface area contributed by atoms with Crippen molar-refractivity contribution < 1.29 is 9.50 Å². The molecule has 1 aromatic rings. The lowest BCUT2D eigenvalue weighted by Gasteiger charge is -2.13. The lowest BCUT2D eigenvalue weighted by Crippen LogP contribution is -2.11. The third-order valence-electron chi connectivity index (χ3n) is 2.52. The van der Waals surface area contributed by atoms with Crippen LogP contribution in [0.3, 0.4) is 0 Å². The maximum absolute atomic E-state index is 13.1. The molecule has 1 atom stereocenters. The van der Waals surface area contributed by atoms with Crippen LogP contribution in [-0.2, 0) is 6.42 Å². The van der Waals surface area contributed by atoms with Crippen molar-refractivity contribution in [2.45, 2.75) is 39.2 Å². The van der Waals surface area contributed by atoms with E-state index in [1.807, 2.05) is 0 Å². The van der Waals surface area contributed by atoms with Crippen molar-refractivity contribution in [2.24, 2.45) is 5.92 Å². The van der Waals surface area contributed by atoms with E-state index in [1.54, 1.807) is 12.1 Å². The smallest absolute Gasteiger partial charge is 0.142 e. The second-order valence-electron chi connectivity index (χ2n) is 4.53. The van der Waals surface area contributed by atoms with Gasteiger partial charge in [-0.05, 0) is 36.8 Å². The van der Waals surface area contributed by atoms with E-state index >= 15 is 0 Å². The monoisotopic (exact) mass is 244 g/mol. The average Bonchev–Trinajstić information content (AvgIpc) is 2.19. The van der Waals surface area contributed by atoms with Crippen LogP contribution in [0.25, 0.3) is 0 Å². The molecule has 16 heavy (non-hydrogen) atoms. The molecule has 1 unspecified atom stereocenters. The molecule has 0 aliphatic carbocycles. The van der Waals surface area contributed by atoms with E-state index in [4.69, 9.17) is 11.6 Å². The van der Waals surface area contributed by atoms with Crippen LogP contribution in [0.15, 0.2) is 18.2 Å². The summed E-state index contributed by atoms with van der Waals surface area (Å²) in [4.78, 5) is 0. The molecule has 0 saturated heterocycles. The SMILES string of the molecule is CC(C)CC(O)CCc1cccc(F)c1Cl. The van der Waals surface area contributed by atoms with Gasteiger partial charge in [-0.25, -0.2) is 4.39 Å². The highest BCUT2D eigenvalue weighted by Crippen LogP contribution is 2.22. The summed E-state index contributed by atoms with van der Waals surface area (Å²) in [6.07, 6.45) is 1.68. The summed E-state index contributed by atoms with van der Waals surface area (Å²) >= 11 is 5.83. The number of aliphatic hydroxyl groups excluding tert-OH is 1. The molecule has 1 aromatic carbocycles. The molecule has 1 N–H and O–H groups in total. The Morgan fingerprint density at radius 2 is 2.06 bits per heavy atom. The molecule has 0 aromatic heterocycles. The van der Waals surface area contributed by atoms with Gasteiger partial charge in [0.25, 0.3) is 0 Å². The Hall–Kier alpha value is -0.600. The maximum atomic E-state index is 13.1. The standard InChI is InChI=1S/C13H18ClFO/c1-9(2)8-11(16)7-6-10-4-3-5-12(15)13(10)14/h3-5,9,11,16H,6-8H2,1-2H3. The molecule has 0 spiro atoms. The van der Waals surface area contributed by atoms with Gasteiger partial charge in [-0.2, -0.15) is 0 Å². The average molecular weight is 245 g/mol. The highest BCUT2D eigenvalue weighted by Gasteiger charge is 2.10. The number of rotatable bonds is 5. The molecule has 1 nitrogen and oxygen atoms in total. The largest absolute Gasteiger partial charge is 0.393 e. The summed E-state index contributed by atoms with van der Waals surface area (Å²) in [7, 11) is 0. The van der Waals surface area contributed by atoms with Crippen LogP contribution >= 0.6 is 11.6 Å². The zero-order valence-corrected chi connectivity index (χ0v) is 10.5. The molecule has 0 saturated carbocycles. The quantitative estimate of drug-likeness (QED) is 0.835. The molecule has 0 heterocycles. The predicted octanol–water partition coefficient (Wildman–Crippen LogP) is 3.82. The fourth-order valence-corrected chi connectivity index (χ4v) is 1.95. The maximum Gasteiger partial charge on any atom is 0.142 e. The van der Waals surface area contributed by atoms with Gasteiger partial charge in [0.1, 0.15) is 5.82 Å². The molecule has 1 rings (SSSR count). The number of hydrogen-bond acceptors (Lipinski definition) is 1. The van der Waals surface area contributed by atoms with Gasteiger partial charge in [-0.1, -0.05) is 37.6 Å². The Kier molecular flexibility index (Phi) is 5.23. The molecule has 0 aliphatic rings. The van der Waals surface area contributed by atoms with Gasteiger partial charge in [0.15, 0.2) is 0 Å². The van der Waals surface area contributed by atoms with Crippen molar-refractivity contribution in [2.75, 3.05) is 0 Å². The van der Waals surface area contributed by atoms with Gasteiger partial charge in [0, 0.05) is 0 Å². The first-order chi connectivity index (χ1) is 7.50. The Labute approximate surface area is 101 Å². The lowest BCUT2D eigenvalue weighted by atomic mass is 10.00. The van der Waals surface area contributed by atoms with Crippen molar-refractivity contribution >= 4 is 11.6 Å². The van der Waals surface area contributed by atoms with Crippen LogP contribution < -0.4 is 0 Å². The van der Waals surface area contributed by atoms with Gasteiger partial charge in [0.05, 0.1) is 11.1 Å². The molecular weight excluding hydrogens is 227 g/mol. The van der Waals surface area contributed by atoms with E-state index in [2.05, 4.69) is 13.8 Å². The van der Waals surface area contributed by atoms with Crippen molar-refractivity contribution in [3.05, 3.63) is 34.6 Å². The minimum Gasteiger partial charge on any atom is -0.393 e. The first kappa shape index (κ1) is 13.5. The lowest BCUT2D eigenvalue weighted by molar-refractivity contribution is 0.139. The van der Waals surface area contributed by atoms with Gasteiger partial charge < -0.3 is 5.11 Å². The van der Waals surface area contributed by atoms with Crippen molar-refractivity contribution in [3.8, 4) is 0 Å². The minimum absolute atomic E-state index is 0.180. The molecule has 0 fully saturated rings. The summed E-state index contributed by atoms with van der Waals surface area (Å²) in [6, 6.07) is 4.79. The molecule has 3 heteroatoms. The van der Waals surface area contributed by atoms with Crippen molar-refractivity contribution in [1.82, 2.24) is 0 Å². The first-order valence-corrected chi connectivity index (χ1v) is 5.99. The van der Waals surface area contributed by atoms with Crippen LogP contribution in [0.2, 0.25) is 5.02 Å². The fourth-order valence-electron chi connectivity index (χ4n) is 1.73. The Balaban J connectivity index is 2.51. The number of halogens is 2. The third-order valence-corrected chi connectivity index (χ3v) is 2.95. The second-order valence-corrected chi connectivity index (χ2v) is 4.91. The minimum atomic E-state index is -0.391. The second kappa shape index (κ2) is 6.21. The van der Waals surface area contributed by atoms with Crippen LogP contribution in [-0.4, -0.2) is 11.2 Å². The van der Waals surface area contributed by atoms with E-state index in [0.717, 1.165) is 12.0 Å². The summed E-state index contributed by atoms with van der Waals surface area (Å²) in [5.74, 6) is 0.0792. The summed E-state index contributed by atoms with van der Waals surface area (Å²) in [6.45, 7) is 4.14. The summed E-state index contributed by atoms with van der Waals surface area (Å²) in [5.41, 5.74) is 0.768. The van der Waals surface area contributed by atoms with Crippen molar-refractivity contribution in [3.63, 3.8) is 0 Å². The van der Waals surface area contributed by atoms with Crippen LogP contribution in [0, 0.1) is 11.7 Å². The predicted molar refractivity (Wildman–Crippen MR) is 65.2 cm³/mol. The zero-order chi connectivity index (χ0) is 12.1. The van der Waals surface area contributed by atoms with Gasteiger partial charge >= 0.3 is 0 Å². The molecular formula is C13H18ClFO. The van der Waals surface area contributed by atoms with E-state index in [0.29, 0.717) is 18.8 Å². The van der Waals surface area contributed by atoms with Crippen molar-refractivity contribution in [1.29, 1.82) is 0 Å². The van der Waals surface area contributed by atoms with Crippen LogP contribution in [0.1, 0.15) is 32.3 Å². The third kappa shape index (κ3) is 4.11. The van der Waals surface area contributed by atoms with Crippen LogP contribution in [0.4, 0.5) is 4.39 Å². The number of benzene rings is 1. The van der Waals surface area contributed by atoms with E-state index in [-0.39, 0.29) is 11.1 Å². The van der Waals surface area contributed by atoms with E-state index in [1.165, 1.54) is 6.07 Å². The fraction of sp³-hybridized carbons (Fsp3) is 0.538. The summed E-state index contributed by atoms with van der Waals surface area (Å²) < 4.78 is 13.1.